The minimum Gasteiger partial charge on any atom is -0.316 e. The Labute approximate surface area is 113 Å². The molecule has 1 aliphatic rings. The third-order valence-electron chi connectivity index (χ3n) is 4.18. The van der Waals surface area contributed by atoms with Gasteiger partial charge in [0, 0.05) is 10.8 Å². The fraction of sp³-hybridized carbons (Fsp3) is 1.00. The van der Waals surface area contributed by atoms with E-state index in [1.165, 1.54) is 63.5 Å². The normalized spacial score (nSPS) is 26.3. The number of hydrogen-bond donors (Lipinski definition) is 1. The lowest BCUT2D eigenvalue weighted by atomic mass is 9.91. The predicted octanol–water partition coefficient (Wildman–Crippen LogP) is 4.61. The van der Waals surface area contributed by atoms with Crippen LogP contribution in [0.3, 0.4) is 0 Å². The fourth-order valence-electron chi connectivity index (χ4n) is 2.96. The minimum absolute atomic E-state index is 0.512. The summed E-state index contributed by atoms with van der Waals surface area (Å²) in [6.07, 6.45) is 12.7. The van der Waals surface area contributed by atoms with E-state index in [-0.39, 0.29) is 0 Å². The van der Waals surface area contributed by atoms with Crippen LogP contribution in [0.4, 0.5) is 0 Å². The molecule has 1 nitrogen and oxygen atoms in total. The van der Waals surface area contributed by atoms with E-state index in [9.17, 15) is 0 Å². The number of nitrogens with one attached hydrogen (secondary N) is 1. The summed E-state index contributed by atoms with van der Waals surface area (Å²) >= 11 is 2.19. The highest BCUT2D eigenvalue weighted by atomic mass is 32.2. The first-order valence-corrected chi connectivity index (χ1v) is 8.52. The van der Waals surface area contributed by atoms with E-state index in [1.54, 1.807) is 0 Å². The molecule has 0 spiro atoms. The maximum absolute atomic E-state index is 3.57. The molecule has 1 rings (SSSR count). The average molecular weight is 257 g/mol. The molecule has 1 saturated heterocycles. The molecule has 1 aliphatic heterocycles. The van der Waals surface area contributed by atoms with Crippen LogP contribution in [-0.4, -0.2) is 23.6 Å². The summed E-state index contributed by atoms with van der Waals surface area (Å²) in [6, 6.07) is 0.723. The Kier molecular flexibility index (Phi) is 7.61. The van der Waals surface area contributed by atoms with E-state index >= 15 is 0 Å². The van der Waals surface area contributed by atoms with Crippen molar-refractivity contribution in [2.24, 2.45) is 0 Å². The smallest absolute Gasteiger partial charge is 0.0285 e. The van der Waals surface area contributed by atoms with Crippen molar-refractivity contribution in [3.05, 3.63) is 0 Å². The summed E-state index contributed by atoms with van der Waals surface area (Å²) in [6.45, 7) is 4.75. The zero-order valence-corrected chi connectivity index (χ0v) is 12.9. The minimum atomic E-state index is 0.512. The Bertz CT molecular complexity index is 187. The highest BCUT2D eigenvalue weighted by Gasteiger charge is 2.36. The molecule has 0 aromatic heterocycles. The van der Waals surface area contributed by atoms with Crippen LogP contribution in [0.2, 0.25) is 0 Å². The molecular weight excluding hydrogens is 226 g/mol. The molecule has 2 unspecified atom stereocenters. The van der Waals surface area contributed by atoms with E-state index in [1.807, 2.05) is 0 Å². The largest absolute Gasteiger partial charge is 0.316 e. The molecule has 2 atom stereocenters. The highest BCUT2D eigenvalue weighted by molar-refractivity contribution is 8.00. The molecule has 0 saturated carbocycles. The molecule has 0 amide bonds. The summed E-state index contributed by atoms with van der Waals surface area (Å²) in [5.74, 6) is 1.37. The third kappa shape index (κ3) is 5.21. The molecule has 0 aromatic rings. The molecule has 17 heavy (non-hydrogen) atoms. The molecule has 0 aliphatic carbocycles. The van der Waals surface area contributed by atoms with Crippen molar-refractivity contribution in [1.82, 2.24) is 5.32 Å². The number of unbranched alkanes of at least 4 members (excludes halogenated alkanes) is 5. The van der Waals surface area contributed by atoms with Gasteiger partial charge in [-0.05, 0) is 39.0 Å². The van der Waals surface area contributed by atoms with Gasteiger partial charge in [-0.15, -0.1) is 0 Å². The van der Waals surface area contributed by atoms with Gasteiger partial charge in [0.05, 0.1) is 0 Å². The van der Waals surface area contributed by atoms with E-state index in [0.717, 1.165) is 6.04 Å². The SMILES string of the molecule is CCCCCCCCC(NC)C1(C)CCCS1. The quantitative estimate of drug-likeness (QED) is 0.605. The molecule has 0 radical (unpaired) electrons. The first kappa shape index (κ1) is 15.4. The second kappa shape index (κ2) is 8.42. The van der Waals surface area contributed by atoms with Crippen molar-refractivity contribution >= 4 is 11.8 Å². The van der Waals surface area contributed by atoms with E-state index in [4.69, 9.17) is 0 Å². The number of thioether (sulfide) groups is 1. The molecule has 1 N–H and O–H groups in total. The Balaban J connectivity index is 2.14. The first-order chi connectivity index (χ1) is 8.23. The first-order valence-electron chi connectivity index (χ1n) is 7.54. The second-order valence-electron chi connectivity index (χ2n) is 5.66. The second-order valence-corrected chi connectivity index (χ2v) is 7.29. The van der Waals surface area contributed by atoms with Crippen LogP contribution < -0.4 is 5.32 Å². The van der Waals surface area contributed by atoms with Gasteiger partial charge in [0.15, 0.2) is 0 Å². The molecule has 2 heteroatoms. The molecule has 0 bridgehead atoms. The van der Waals surface area contributed by atoms with Gasteiger partial charge in [0.1, 0.15) is 0 Å². The summed E-state index contributed by atoms with van der Waals surface area (Å²) < 4.78 is 0.512. The Morgan fingerprint density at radius 1 is 1.18 bits per heavy atom. The highest BCUT2D eigenvalue weighted by Crippen LogP contribution is 2.41. The van der Waals surface area contributed by atoms with Crippen LogP contribution in [0.5, 0.6) is 0 Å². The van der Waals surface area contributed by atoms with Crippen LogP contribution in [0.15, 0.2) is 0 Å². The maximum atomic E-state index is 3.57. The monoisotopic (exact) mass is 257 g/mol. The topological polar surface area (TPSA) is 12.0 Å². The Morgan fingerprint density at radius 2 is 1.88 bits per heavy atom. The Hall–Kier alpha value is 0.310. The number of hydrogen-bond acceptors (Lipinski definition) is 2. The van der Waals surface area contributed by atoms with Crippen LogP contribution in [0, 0.1) is 0 Å². The van der Waals surface area contributed by atoms with Gasteiger partial charge in [-0.1, -0.05) is 45.4 Å². The molecular formula is C15H31NS. The van der Waals surface area contributed by atoms with Gasteiger partial charge in [0.2, 0.25) is 0 Å². The Morgan fingerprint density at radius 3 is 2.47 bits per heavy atom. The predicted molar refractivity (Wildman–Crippen MR) is 80.9 cm³/mol. The van der Waals surface area contributed by atoms with E-state index in [2.05, 4.69) is 38.0 Å². The summed E-state index contributed by atoms with van der Waals surface area (Å²) in [5, 5.41) is 3.57. The maximum Gasteiger partial charge on any atom is 0.0285 e. The van der Waals surface area contributed by atoms with Crippen molar-refractivity contribution in [3.63, 3.8) is 0 Å². The average Bonchev–Trinajstić information content (AvgIpc) is 2.76. The van der Waals surface area contributed by atoms with Gasteiger partial charge >= 0.3 is 0 Å². The zero-order chi connectivity index (χ0) is 12.6. The van der Waals surface area contributed by atoms with Crippen molar-refractivity contribution in [2.75, 3.05) is 12.8 Å². The third-order valence-corrected chi connectivity index (χ3v) is 5.82. The van der Waals surface area contributed by atoms with Crippen molar-refractivity contribution in [3.8, 4) is 0 Å². The zero-order valence-electron chi connectivity index (χ0n) is 12.1. The van der Waals surface area contributed by atoms with E-state index < -0.39 is 0 Å². The van der Waals surface area contributed by atoms with E-state index in [0.29, 0.717) is 4.75 Å². The molecule has 102 valence electrons. The lowest BCUT2D eigenvalue weighted by molar-refractivity contribution is 0.388. The summed E-state index contributed by atoms with van der Waals surface area (Å²) in [7, 11) is 2.14. The van der Waals surface area contributed by atoms with Crippen LogP contribution in [0.1, 0.15) is 71.6 Å². The van der Waals surface area contributed by atoms with Crippen LogP contribution in [0.25, 0.3) is 0 Å². The molecule has 1 heterocycles. The fourth-order valence-corrected chi connectivity index (χ4v) is 4.44. The van der Waals surface area contributed by atoms with Crippen molar-refractivity contribution < 1.29 is 0 Å². The van der Waals surface area contributed by atoms with Gasteiger partial charge in [-0.3, -0.25) is 0 Å². The summed E-state index contributed by atoms with van der Waals surface area (Å²) in [5.41, 5.74) is 0. The standard InChI is InChI=1S/C15H31NS/c1-4-5-6-7-8-9-11-14(16-3)15(2)12-10-13-17-15/h14,16H,4-13H2,1-3H3. The molecule has 0 aromatic carbocycles. The lowest BCUT2D eigenvalue weighted by Crippen LogP contribution is -2.43. The van der Waals surface area contributed by atoms with Gasteiger partial charge in [-0.25, -0.2) is 0 Å². The van der Waals surface area contributed by atoms with Crippen LogP contribution in [-0.2, 0) is 0 Å². The lowest BCUT2D eigenvalue weighted by Gasteiger charge is -2.33. The summed E-state index contributed by atoms with van der Waals surface area (Å²) in [4.78, 5) is 0. The van der Waals surface area contributed by atoms with Gasteiger partial charge < -0.3 is 5.32 Å². The van der Waals surface area contributed by atoms with Crippen molar-refractivity contribution in [1.29, 1.82) is 0 Å². The van der Waals surface area contributed by atoms with Crippen LogP contribution >= 0.6 is 11.8 Å². The van der Waals surface area contributed by atoms with Crippen molar-refractivity contribution in [2.45, 2.75) is 82.4 Å². The van der Waals surface area contributed by atoms with Gasteiger partial charge in [-0.2, -0.15) is 11.8 Å². The number of rotatable bonds is 9. The van der Waals surface area contributed by atoms with Gasteiger partial charge in [0.25, 0.3) is 0 Å². The molecule has 1 fully saturated rings.